The molecule has 2 saturated carbocycles. The molecule has 0 saturated heterocycles. The lowest BCUT2D eigenvalue weighted by Gasteiger charge is -2.27. The summed E-state index contributed by atoms with van der Waals surface area (Å²) in [4.78, 5) is 2.59. The van der Waals surface area contributed by atoms with Gasteiger partial charge in [0.05, 0.1) is 0 Å². The summed E-state index contributed by atoms with van der Waals surface area (Å²) in [6.07, 6.45) is 6.34. The Morgan fingerprint density at radius 3 is 2.61 bits per heavy atom. The van der Waals surface area contributed by atoms with Crippen LogP contribution in [0.2, 0.25) is 5.02 Å². The molecular formula is C15H21ClN2. The van der Waals surface area contributed by atoms with Crippen molar-refractivity contribution in [2.75, 3.05) is 18.0 Å². The van der Waals surface area contributed by atoms with Crippen LogP contribution in [0.25, 0.3) is 0 Å². The average molecular weight is 265 g/mol. The minimum atomic E-state index is 0.665. The van der Waals surface area contributed by atoms with Crippen molar-refractivity contribution in [1.29, 1.82) is 0 Å². The van der Waals surface area contributed by atoms with Crippen LogP contribution in [0.4, 0.5) is 5.69 Å². The van der Waals surface area contributed by atoms with Gasteiger partial charge in [-0.1, -0.05) is 17.7 Å². The highest BCUT2D eigenvalue weighted by Gasteiger charge is 2.34. The van der Waals surface area contributed by atoms with Crippen LogP contribution in [-0.2, 0) is 6.42 Å². The standard InChI is InChI=1S/C15H21ClN2/c16-14-2-1-3-15(13(14)8-9-17)18(12-6-7-12)10-11-4-5-11/h1-3,11-12H,4-10,17H2. The van der Waals surface area contributed by atoms with Gasteiger partial charge in [-0.05, 0) is 62.3 Å². The van der Waals surface area contributed by atoms with Gasteiger partial charge in [0.1, 0.15) is 0 Å². The van der Waals surface area contributed by atoms with E-state index in [1.807, 2.05) is 6.07 Å². The Kier molecular flexibility index (Phi) is 3.49. The van der Waals surface area contributed by atoms with E-state index in [0.29, 0.717) is 6.54 Å². The molecule has 1 aromatic carbocycles. The van der Waals surface area contributed by atoms with Crippen molar-refractivity contribution in [2.45, 2.75) is 38.1 Å². The van der Waals surface area contributed by atoms with Crippen molar-refractivity contribution >= 4 is 17.3 Å². The van der Waals surface area contributed by atoms with Crippen molar-refractivity contribution in [3.05, 3.63) is 28.8 Å². The second kappa shape index (κ2) is 5.10. The van der Waals surface area contributed by atoms with Crippen molar-refractivity contribution in [2.24, 2.45) is 11.7 Å². The van der Waals surface area contributed by atoms with E-state index in [2.05, 4.69) is 17.0 Å². The predicted molar refractivity (Wildman–Crippen MR) is 77.3 cm³/mol. The molecule has 2 N–H and O–H groups in total. The zero-order valence-electron chi connectivity index (χ0n) is 10.7. The Morgan fingerprint density at radius 1 is 1.22 bits per heavy atom. The summed E-state index contributed by atoms with van der Waals surface area (Å²) in [6.45, 7) is 1.88. The maximum Gasteiger partial charge on any atom is 0.0459 e. The number of benzene rings is 1. The number of rotatable bonds is 6. The summed E-state index contributed by atoms with van der Waals surface area (Å²) in [5, 5.41) is 0.874. The third-order valence-electron chi connectivity index (χ3n) is 3.94. The lowest BCUT2D eigenvalue weighted by Crippen LogP contribution is -2.29. The highest BCUT2D eigenvalue weighted by Crippen LogP contribution is 2.40. The van der Waals surface area contributed by atoms with Crippen molar-refractivity contribution in [1.82, 2.24) is 0 Å². The molecule has 2 aliphatic carbocycles. The first-order valence-electron chi connectivity index (χ1n) is 7.03. The Morgan fingerprint density at radius 2 is 2.00 bits per heavy atom. The summed E-state index contributed by atoms with van der Waals surface area (Å²) in [5.74, 6) is 0.912. The summed E-state index contributed by atoms with van der Waals surface area (Å²) in [5.41, 5.74) is 8.31. The van der Waals surface area contributed by atoms with E-state index in [1.165, 1.54) is 43.5 Å². The quantitative estimate of drug-likeness (QED) is 0.855. The third-order valence-corrected chi connectivity index (χ3v) is 4.29. The molecule has 0 radical (unpaired) electrons. The average Bonchev–Trinajstić information content (AvgIpc) is 3.23. The molecule has 3 heteroatoms. The molecule has 0 unspecified atom stereocenters. The molecule has 2 aliphatic rings. The zero-order valence-corrected chi connectivity index (χ0v) is 11.5. The van der Waals surface area contributed by atoms with E-state index in [1.54, 1.807) is 0 Å². The van der Waals surface area contributed by atoms with Gasteiger partial charge in [0.2, 0.25) is 0 Å². The van der Waals surface area contributed by atoms with Gasteiger partial charge in [0.15, 0.2) is 0 Å². The Hall–Kier alpha value is -0.730. The van der Waals surface area contributed by atoms with Crippen LogP contribution < -0.4 is 10.6 Å². The fourth-order valence-corrected chi connectivity index (χ4v) is 2.88. The Labute approximate surface area is 114 Å². The summed E-state index contributed by atoms with van der Waals surface area (Å²) in [7, 11) is 0. The predicted octanol–water partition coefficient (Wildman–Crippen LogP) is 3.22. The van der Waals surface area contributed by atoms with Crippen molar-refractivity contribution < 1.29 is 0 Å². The number of anilines is 1. The molecule has 18 heavy (non-hydrogen) atoms. The van der Waals surface area contributed by atoms with Crippen LogP contribution in [-0.4, -0.2) is 19.1 Å². The second-order valence-corrected chi connectivity index (χ2v) is 6.01. The van der Waals surface area contributed by atoms with Gasteiger partial charge in [-0.15, -0.1) is 0 Å². The zero-order chi connectivity index (χ0) is 12.5. The number of nitrogens with zero attached hydrogens (tertiary/aromatic N) is 1. The third kappa shape index (κ3) is 2.65. The van der Waals surface area contributed by atoms with Crippen LogP contribution in [0.1, 0.15) is 31.2 Å². The fraction of sp³-hybridized carbons (Fsp3) is 0.600. The van der Waals surface area contributed by atoms with Gasteiger partial charge < -0.3 is 10.6 Å². The van der Waals surface area contributed by atoms with E-state index in [-0.39, 0.29) is 0 Å². The maximum absolute atomic E-state index is 6.35. The first kappa shape index (κ1) is 12.3. The molecule has 0 aliphatic heterocycles. The number of hydrogen-bond acceptors (Lipinski definition) is 2. The summed E-state index contributed by atoms with van der Waals surface area (Å²) in [6, 6.07) is 7.02. The molecule has 3 rings (SSSR count). The van der Waals surface area contributed by atoms with Gasteiger partial charge >= 0.3 is 0 Å². The van der Waals surface area contributed by atoms with Gasteiger partial charge in [-0.2, -0.15) is 0 Å². The van der Waals surface area contributed by atoms with E-state index >= 15 is 0 Å². The maximum atomic E-state index is 6.35. The van der Waals surface area contributed by atoms with Gasteiger partial charge in [0.25, 0.3) is 0 Å². The van der Waals surface area contributed by atoms with Crippen molar-refractivity contribution in [3.8, 4) is 0 Å². The van der Waals surface area contributed by atoms with Gasteiger partial charge in [0, 0.05) is 23.3 Å². The van der Waals surface area contributed by atoms with E-state index in [4.69, 9.17) is 17.3 Å². The summed E-state index contributed by atoms with van der Waals surface area (Å²) < 4.78 is 0. The smallest absolute Gasteiger partial charge is 0.0459 e. The molecule has 98 valence electrons. The summed E-state index contributed by atoms with van der Waals surface area (Å²) >= 11 is 6.35. The lowest BCUT2D eigenvalue weighted by atomic mass is 10.1. The van der Waals surface area contributed by atoms with Crippen LogP contribution in [0.15, 0.2) is 18.2 Å². The largest absolute Gasteiger partial charge is 0.368 e. The monoisotopic (exact) mass is 264 g/mol. The SMILES string of the molecule is NCCc1c(Cl)cccc1N(CC1CC1)C1CC1. The number of halogens is 1. The molecule has 0 aromatic heterocycles. The minimum absolute atomic E-state index is 0.665. The molecule has 0 bridgehead atoms. The van der Waals surface area contributed by atoms with E-state index in [0.717, 1.165) is 23.4 Å². The first-order valence-corrected chi connectivity index (χ1v) is 7.41. The molecule has 2 fully saturated rings. The number of hydrogen-bond donors (Lipinski definition) is 1. The molecule has 0 spiro atoms. The van der Waals surface area contributed by atoms with Crippen LogP contribution in [0.3, 0.4) is 0 Å². The topological polar surface area (TPSA) is 29.3 Å². The van der Waals surface area contributed by atoms with E-state index in [9.17, 15) is 0 Å². The molecule has 2 nitrogen and oxygen atoms in total. The van der Waals surface area contributed by atoms with Crippen molar-refractivity contribution in [3.63, 3.8) is 0 Å². The van der Waals surface area contributed by atoms with Gasteiger partial charge in [-0.3, -0.25) is 0 Å². The molecule has 0 heterocycles. The molecule has 0 atom stereocenters. The van der Waals surface area contributed by atoms with Gasteiger partial charge in [-0.25, -0.2) is 0 Å². The molecular weight excluding hydrogens is 244 g/mol. The normalized spacial score (nSPS) is 19.0. The highest BCUT2D eigenvalue weighted by atomic mass is 35.5. The lowest BCUT2D eigenvalue weighted by molar-refractivity contribution is 0.714. The second-order valence-electron chi connectivity index (χ2n) is 5.60. The van der Waals surface area contributed by atoms with Crippen LogP contribution in [0.5, 0.6) is 0 Å². The molecule has 0 amide bonds. The highest BCUT2D eigenvalue weighted by molar-refractivity contribution is 6.31. The Balaban J connectivity index is 1.88. The van der Waals surface area contributed by atoms with E-state index < -0.39 is 0 Å². The number of nitrogens with two attached hydrogens (primary N) is 1. The van der Waals surface area contributed by atoms with Crippen LogP contribution >= 0.6 is 11.6 Å². The Bertz CT molecular complexity index is 425. The van der Waals surface area contributed by atoms with Crippen LogP contribution in [0, 0.1) is 5.92 Å². The minimum Gasteiger partial charge on any atom is -0.368 e. The fourth-order valence-electron chi connectivity index (χ4n) is 2.62. The molecule has 1 aromatic rings. The first-order chi connectivity index (χ1) is 8.79.